The van der Waals surface area contributed by atoms with Crippen LogP contribution in [0, 0.1) is 6.92 Å². The summed E-state index contributed by atoms with van der Waals surface area (Å²) in [5.41, 5.74) is 0.497. The zero-order valence-electron chi connectivity index (χ0n) is 11.5. The quantitative estimate of drug-likeness (QED) is 0.761. The number of carbonyl (C=O) groups is 1. The first kappa shape index (κ1) is 14.7. The lowest BCUT2D eigenvalue weighted by molar-refractivity contribution is 0.0956. The molecule has 0 aromatic carbocycles. The van der Waals surface area contributed by atoms with Gasteiger partial charge in [0.25, 0.3) is 11.8 Å². The molecule has 3 aromatic heterocycles. The van der Waals surface area contributed by atoms with Gasteiger partial charge >= 0.3 is 0 Å². The van der Waals surface area contributed by atoms with E-state index in [2.05, 4.69) is 25.8 Å². The van der Waals surface area contributed by atoms with Gasteiger partial charge in [-0.3, -0.25) is 4.79 Å². The molecule has 3 aromatic rings. The van der Waals surface area contributed by atoms with Crippen molar-refractivity contribution in [3.05, 3.63) is 33.4 Å². The van der Waals surface area contributed by atoms with E-state index in [0.29, 0.717) is 39.7 Å². The number of hydrogen-bond acceptors (Lipinski definition) is 7. The summed E-state index contributed by atoms with van der Waals surface area (Å²) in [6.07, 6.45) is 1.68. The molecule has 0 unspecified atom stereocenters. The monoisotopic (exact) mass is 338 g/mol. The third kappa shape index (κ3) is 3.31. The lowest BCUT2D eigenvalue weighted by atomic mass is 10.4. The van der Waals surface area contributed by atoms with E-state index in [1.165, 1.54) is 11.3 Å². The molecule has 0 radical (unpaired) electrons. The van der Waals surface area contributed by atoms with Crippen LogP contribution in [0.25, 0.3) is 11.6 Å². The van der Waals surface area contributed by atoms with Crippen LogP contribution < -0.4 is 5.32 Å². The maximum Gasteiger partial charge on any atom is 0.280 e. The van der Waals surface area contributed by atoms with E-state index in [1.807, 2.05) is 0 Å². The summed E-state index contributed by atoms with van der Waals surface area (Å²) in [4.78, 5) is 16.5. The molecule has 1 N–H and O–H groups in total. The first-order valence-electron chi connectivity index (χ1n) is 6.36. The van der Waals surface area contributed by atoms with Gasteiger partial charge in [0.1, 0.15) is 0 Å². The Kier molecular flexibility index (Phi) is 4.16. The summed E-state index contributed by atoms with van der Waals surface area (Å²) in [6.45, 7) is 2.62. The van der Waals surface area contributed by atoms with Crippen molar-refractivity contribution in [2.24, 2.45) is 0 Å². The Labute approximate surface area is 134 Å². The number of aryl methyl sites for hydroxylation is 1. The molecule has 0 saturated heterocycles. The van der Waals surface area contributed by atoms with Gasteiger partial charge in [-0.05, 0) is 19.1 Å². The molecule has 114 valence electrons. The van der Waals surface area contributed by atoms with Crippen molar-refractivity contribution in [1.29, 1.82) is 0 Å². The second-order valence-corrected chi connectivity index (χ2v) is 6.09. The summed E-state index contributed by atoms with van der Waals surface area (Å²) in [5, 5.41) is 14.4. The molecule has 10 heteroatoms. The van der Waals surface area contributed by atoms with Crippen molar-refractivity contribution in [2.45, 2.75) is 13.5 Å². The number of thiophene rings is 1. The highest BCUT2D eigenvalue weighted by Crippen LogP contribution is 2.21. The van der Waals surface area contributed by atoms with Crippen LogP contribution in [-0.4, -0.2) is 37.6 Å². The molecule has 22 heavy (non-hydrogen) atoms. The van der Waals surface area contributed by atoms with Crippen molar-refractivity contribution in [3.63, 3.8) is 0 Å². The second kappa shape index (κ2) is 6.24. The van der Waals surface area contributed by atoms with Crippen LogP contribution in [0.4, 0.5) is 0 Å². The molecule has 3 rings (SSSR count). The molecule has 8 nitrogen and oxygen atoms in total. The van der Waals surface area contributed by atoms with Gasteiger partial charge in [-0.15, -0.1) is 16.4 Å². The summed E-state index contributed by atoms with van der Waals surface area (Å²) in [5.74, 6) is 0.692. The average molecular weight is 339 g/mol. The van der Waals surface area contributed by atoms with E-state index >= 15 is 0 Å². The van der Waals surface area contributed by atoms with E-state index in [1.54, 1.807) is 29.9 Å². The Morgan fingerprint density at radius 3 is 3.05 bits per heavy atom. The number of rotatable bonds is 5. The molecule has 3 heterocycles. The smallest absolute Gasteiger partial charge is 0.280 e. The molecular formula is C12H11ClN6O2S. The predicted molar refractivity (Wildman–Crippen MR) is 79.7 cm³/mol. The van der Waals surface area contributed by atoms with E-state index in [-0.39, 0.29) is 5.91 Å². The minimum absolute atomic E-state index is 0.162. The third-order valence-corrected chi connectivity index (χ3v) is 3.94. The highest BCUT2D eigenvalue weighted by atomic mass is 35.5. The molecule has 0 aliphatic carbocycles. The van der Waals surface area contributed by atoms with E-state index in [9.17, 15) is 4.79 Å². The van der Waals surface area contributed by atoms with Crippen molar-refractivity contribution < 1.29 is 9.32 Å². The summed E-state index contributed by atoms with van der Waals surface area (Å²) < 4.78 is 7.19. The average Bonchev–Trinajstić information content (AvgIpc) is 3.19. The zero-order chi connectivity index (χ0) is 15.5. The highest BCUT2D eigenvalue weighted by molar-refractivity contribution is 7.17. The fourth-order valence-electron chi connectivity index (χ4n) is 1.71. The van der Waals surface area contributed by atoms with E-state index < -0.39 is 0 Å². The van der Waals surface area contributed by atoms with Gasteiger partial charge in [-0.2, -0.15) is 4.98 Å². The van der Waals surface area contributed by atoms with Crippen molar-refractivity contribution in [2.75, 3.05) is 6.54 Å². The molecule has 0 fully saturated rings. The number of amides is 1. The Balaban J connectivity index is 1.54. The number of halogens is 1. The molecular weight excluding hydrogens is 328 g/mol. The molecule has 0 aliphatic heterocycles. The molecule has 0 aliphatic rings. The van der Waals surface area contributed by atoms with Crippen LogP contribution in [0.1, 0.15) is 15.5 Å². The van der Waals surface area contributed by atoms with Crippen LogP contribution >= 0.6 is 22.9 Å². The standard InChI is InChI=1S/C12H11ClN6O2S/c1-7-15-12(21-17-7)8-6-19(18-16-8)5-4-14-11(20)9-2-3-10(13)22-9/h2-3,6H,4-5H2,1H3,(H,14,20). The topological polar surface area (TPSA) is 98.7 Å². The maximum absolute atomic E-state index is 11.8. The summed E-state index contributed by atoms with van der Waals surface area (Å²) >= 11 is 7.03. The number of carbonyl (C=O) groups excluding carboxylic acids is 1. The molecule has 0 bridgehead atoms. The summed E-state index contributed by atoms with van der Waals surface area (Å²) in [7, 11) is 0. The predicted octanol–water partition coefficient (Wildman–Crippen LogP) is 1.78. The summed E-state index contributed by atoms with van der Waals surface area (Å²) in [6, 6.07) is 3.38. The van der Waals surface area contributed by atoms with Crippen molar-refractivity contribution in [3.8, 4) is 11.6 Å². The number of hydrogen-bond donors (Lipinski definition) is 1. The zero-order valence-corrected chi connectivity index (χ0v) is 13.1. The lowest BCUT2D eigenvalue weighted by Gasteiger charge is -2.02. The maximum atomic E-state index is 11.8. The first-order valence-corrected chi connectivity index (χ1v) is 7.55. The fourth-order valence-corrected chi connectivity index (χ4v) is 2.67. The van der Waals surface area contributed by atoms with Crippen LogP contribution in [0.2, 0.25) is 4.34 Å². The SMILES string of the molecule is Cc1noc(-c2cn(CCNC(=O)c3ccc(Cl)s3)nn2)n1. The van der Waals surface area contributed by atoms with Crippen LogP contribution in [0.15, 0.2) is 22.9 Å². The largest absolute Gasteiger partial charge is 0.349 e. The Hall–Kier alpha value is -2.26. The van der Waals surface area contributed by atoms with Gasteiger partial charge in [0, 0.05) is 6.54 Å². The lowest BCUT2D eigenvalue weighted by Crippen LogP contribution is -2.26. The van der Waals surface area contributed by atoms with Gasteiger partial charge in [-0.1, -0.05) is 22.0 Å². The first-order chi connectivity index (χ1) is 10.6. The van der Waals surface area contributed by atoms with E-state index in [4.69, 9.17) is 16.1 Å². The number of nitrogens with one attached hydrogen (secondary N) is 1. The fraction of sp³-hybridized carbons (Fsp3) is 0.250. The van der Waals surface area contributed by atoms with Crippen molar-refractivity contribution in [1.82, 2.24) is 30.5 Å². The minimum Gasteiger partial charge on any atom is -0.349 e. The highest BCUT2D eigenvalue weighted by Gasteiger charge is 2.11. The minimum atomic E-state index is -0.162. The Morgan fingerprint density at radius 2 is 2.36 bits per heavy atom. The normalized spacial score (nSPS) is 10.8. The van der Waals surface area contributed by atoms with Crippen LogP contribution in [0.3, 0.4) is 0 Å². The van der Waals surface area contributed by atoms with Gasteiger partial charge in [0.05, 0.1) is 22.0 Å². The van der Waals surface area contributed by atoms with Gasteiger partial charge in [0.2, 0.25) is 0 Å². The second-order valence-electron chi connectivity index (χ2n) is 4.37. The number of nitrogens with zero attached hydrogens (tertiary/aromatic N) is 5. The van der Waals surface area contributed by atoms with Gasteiger partial charge in [0.15, 0.2) is 11.5 Å². The van der Waals surface area contributed by atoms with E-state index in [0.717, 1.165) is 0 Å². The Bertz CT molecular complexity index is 795. The Morgan fingerprint density at radius 1 is 1.50 bits per heavy atom. The number of aromatic nitrogens is 5. The molecule has 0 saturated carbocycles. The third-order valence-electron chi connectivity index (χ3n) is 2.71. The van der Waals surface area contributed by atoms with Crippen LogP contribution in [0.5, 0.6) is 0 Å². The van der Waals surface area contributed by atoms with Gasteiger partial charge < -0.3 is 9.84 Å². The van der Waals surface area contributed by atoms with Crippen LogP contribution in [-0.2, 0) is 6.54 Å². The molecule has 1 amide bonds. The molecule has 0 spiro atoms. The van der Waals surface area contributed by atoms with Crippen molar-refractivity contribution >= 4 is 28.8 Å². The molecule has 0 atom stereocenters. The van der Waals surface area contributed by atoms with Gasteiger partial charge in [-0.25, -0.2) is 4.68 Å².